The van der Waals surface area contributed by atoms with E-state index in [2.05, 4.69) is 25.9 Å². The second-order valence-corrected chi connectivity index (χ2v) is 4.90. The van der Waals surface area contributed by atoms with Gasteiger partial charge in [0.1, 0.15) is 0 Å². The molecule has 1 aromatic carbocycles. The highest BCUT2D eigenvalue weighted by Crippen LogP contribution is 2.14. The summed E-state index contributed by atoms with van der Waals surface area (Å²) in [4.78, 5) is 18.6. The first kappa shape index (κ1) is 20.6. The Labute approximate surface area is 163 Å². The summed E-state index contributed by atoms with van der Waals surface area (Å²) in [5.41, 5.74) is 1.85. The number of nitro benzene ring substituents is 1. The number of pyridine rings is 1. The highest BCUT2D eigenvalue weighted by Gasteiger charge is 2.03. The molecule has 0 atom stereocenters. The van der Waals surface area contributed by atoms with Gasteiger partial charge < -0.3 is 16.0 Å². The van der Waals surface area contributed by atoms with E-state index < -0.39 is 4.92 Å². The van der Waals surface area contributed by atoms with Crippen LogP contribution in [0.25, 0.3) is 0 Å². The molecule has 0 radical (unpaired) electrons. The van der Waals surface area contributed by atoms with Crippen LogP contribution in [0.5, 0.6) is 0 Å². The molecule has 0 saturated carbocycles. The number of nitrogens with zero attached hydrogens (tertiary/aromatic N) is 3. The third-order valence-electron chi connectivity index (χ3n) is 3.21. The maximum atomic E-state index is 10.6. The molecule has 0 aliphatic heterocycles. The summed E-state index contributed by atoms with van der Waals surface area (Å²) in [6, 6.07) is 12.1. The molecule has 0 aliphatic carbocycles. The molecule has 0 spiro atoms. The number of hydrogen-bond acceptors (Lipinski definition) is 5. The first-order valence-corrected chi connectivity index (χ1v) is 7.52. The van der Waals surface area contributed by atoms with Crippen LogP contribution in [0.15, 0.2) is 53.7 Å². The van der Waals surface area contributed by atoms with E-state index in [0.29, 0.717) is 25.6 Å². The number of aromatic nitrogens is 1. The van der Waals surface area contributed by atoms with Crippen molar-refractivity contribution in [2.45, 2.75) is 6.54 Å². The van der Waals surface area contributed by atoms with Crippen LogP contribution in [0.1, 0.15) is 5.69 Å². The summed E-state index contributed by atoms with van der Waals surface area (Å²) in [5, 5.41) is 20.1. The summed E-state index contributed by atoms with van der Waals surface area (Å²) in [6.07, 6.45) is 1.75. The highest BCUT2D eigenvalue weighted by atomic mass is 127. The van der Waals surface area contributed by atoms with Gasteiger partial charge in [0, 0.05) is 44.2 Å². The maximum absolute atomic E-state index is 10.6. The van der Waals surface area contributed by atoms with Gasteiger partial charge in [-0.2, -0.15) is 0 Å². The molecule has 0 bridgehead atoms. The highest BCUT2D eigenvalue weighted by molar-refractivity contribution is 14.0. The number of halogens is 1. The molecule has 0 fully saturated rings. The maximum Gasteiger partial charge on any atom is 0.269 e. The van der Waals surface area contributed by atoms with Crippen LogP contribution >= 0.6 is 24.0 Å². The number of nitro groups is 1. The fourth-order valence-corrected chi connectivity index (χ4v) is 1.99. The van der Waals surface area contributed by atoms with E-state index in [0.717, 1.165) is 11.4 Å². The van der Waals surface area contributed by atoms with E-state index >= 15 is 0 Å². The molecular formula is C16H21IN6O2. The molecule has 2 aromatic rings. The summed E-state index contributed by atoms with van der Waals surface area (Å²) < 4.78 is 0. The van der Waals surface area contributed by atoms with Gasteiger partial charge in [-0.05, 0) is 24.3 Å². The van der Waals surface area contributed by atoms with Gasteiger partial charge in [-0.1, -0.05) is 6.07 Å². The lowest BCUT2D eigenvalue weighted by atomic mass is 10.3. The number of benzene rings is 1. The van der Waals surface area contributed by atoms with Gasteiger partial charge >= 0.3 is 0 Å². The fourth-order valence-electron chi connectivity index (χ4n) is 1.99. The van der Waals surface area contributed by atoms with Crippen molar-refractivity contribution >= 4 is 41.3 Å². The lowest BCUT2D eigenvalue weighted by Gasteiger charge is -2.12. The molecule has 1 heterocycles. The molecule has 9 heteroatoms. The van der Waals surface area contributed by atoms with E-state index in [1.165, 1.54) is 12.1 Å². The Balaban J connectivity index is 0.00000312. The number of hydrogen-bond donors (Lipinski definition) is 3. The summed E-state index contributed by atoms with van der Waals surface area (Å²) >= 11 is 0. The van der Waals surface area contributed by atoms with Gasteiger partial charge in [0.2, 0.25) is 0 Å². The summed E-state index contributed by atoms with van der Waals surface area (Å²) in [5.74, 6) is 0.686. The van der Waals surface area contributed by atoms with Crippen molar-refractivity contribution in [3.05, 3.63) is 64.5 Å². The lowest BCUT2D eigenvalue weighted by molar-refractivity contribution is -0.384. The Morgan fingerprint density at radius 2 is 1.92 bits per heavy atom. The van der Waals surface area contributed by atoms with E-state index in [4.69, 9.17) is 0 Å². The van der Waals surface area contributed by atoms with Gasteiger partial charge in [0.25, 0.3) is 5.69 Å². The summed E-state index contributed by atoms with van der Waals surface area (Å²) in [6.45, 7) is 1.90. The van der Waals surface area contributed by atoms with Gasteiger partial charge in [-0.25, -0.2) is 0 Å². The van der Waals surface area contributed by atoms with Gasteiger partial charge in [-0.3, -0.25) is 20.1 Å². The zero-order valence-electron chi connectivity index (χ0n) is 13.8. The molecular weight excluding hydrogens is 435 g/mol. The SMILES string of the molecule is CN=C(NCCNc1ccc([N+](=O)[O-])cc1)NCc1ccccn1.I. The van der Waals surface area contributed by atoms with Crippen molar-refractivity contribution in [2.24, 2.45) is 4.99 Å². The Morgan fingerprint density at radius 1 is 1.16 bits per heavy atom. The molecule has 134 valence electrons. The standard InChI is InChI=1S/C16H20N6O2.HI/c1-17-16(21-12-14-4-2-3-9-18-14)20-11-10-19-13-5-7-15(8-6-13)22(23)24;/h2-9,19H,10-12H2,1H3,(H2,17,20,21);1H. The van der Waals surface area contributed by atoms with E-state index in [1.807, 2.05) is 18.2 Å². The zero-order valence-corrected chi connectivity index (χ0v) is 16.1. The third kappa shape index (κ3) is 7.33. The first-order chi connectivity index (χ1) is 11.7. The third-order valence-corrected chi connectivity index (χ3v) is 3.21. The fraction of sp³-hybridized carbons (Fsp3) is 0.250. The van der Waals surface area contributed by atoms with Crippen LogP contribution in [-0.4, -0.2) is 36.0 Å². The molecule has 3 N–H and O–H groups in total. The molecule has 0 unspecified atom stereocenters. The van der Waals surface area contributed by atoms with Crippen molar-refractivity contribution < 1.29 is 4.92 Å². The van der Waals surface area contributed by atoms with Crippen LogP contribution in [-0.2, 0) is 6.54 Å². The molecule has 0 saturated heterocycles. The average Bonchev–Trinajstić information content (AvgIpc) is 2.62. The normalized spacial score (nSPS) is 10.5. The molecule has 25 heavy (non-hydrogen) atoms. The van der Waals surface area contributed by atoms with Crippen molar-refractivity contribution in [1.29, 1.82) is 0 Å². The Kier molecular flexibility index (Phi) is 9.22. The van der Waals surface area contributed by atoms with Crippen LogP contribution in [0.3, 0.4) is 0 Å². The second kappa shape index (κ2) is 11.2. The monoisotopic (exact) mass is 456 g/mol. The van der Waals surface area contributed by atoms with Gasteiger partial charge in [-0.15, -0.1) is 24.0 Å². The van der Waals surface area contributed by atoms with Crippen molar-refractivity contribution in [1.82, 2.24) is 15.6 Å². The van der Waals surface area contributed by atoms with Gasteiger partial charge in [0.05, 0.1) is 17.2 Å². The molecule has 1 aromatic heterocycles. The minimum atomic E-state index is -0.414. The number of aliphatic imine (C=N–C) groups is 1. The largest absolute Gasteiger partial charge is 0.383 e. The minimum absolute atomic E-state index is 0. The number of anilines is 1. The van der Waals surface area contributed by atoms with Crippen LogP contribution in [0.2, 0.25) is 0 Å². The topological polar surface area (TPSA) is 104 Å². The number of nitrogens with one attached hydrogen (secondary N) is 3. The zero-order chi connectivity index (χ0) is 17.2. The lowest BCUT2D eigenvalue weighted by Crippen LogP contribution is -2.39. The van der Waals surface area contributed by atoms with E-state index in [-0.39, 0.29) is 29.7 Å². The smallest absolute Gasteiger partial charge is 0.269 e. The van der Waals surface area contributed by atoms with Crippen molar-refractivity contribution in [3.63, 3.8) is 0 Å². The Morgan fingerprint density at radius 3 is 2.52 bits per heavy atom. The molecule has 0 aliphatic rings. The van der Waals surface area contributed by atoms with Crippen LogP contribution in [0, 0.1) is 10.1 Å². The Hall–Kier alpha value is -2.43. The van der Waals surface area contributed by atoms with Crippen molar-refractivity contribution in [3.8, 4) is 0 Å². The molecule has 0 amide bonds. The molecule has 8 nitrogen and oxygen atoms in total. The number of rotatable bonds is 7. The van der Waals surface area contributed by atoms with E-state index in [9.17, 15) is 10.1 Å². The predicted molar refractivity (Wildman–Crippen MR) is 109 cm³/mol. The van der Waals surface area contributed by atoms with Crippen LogP contribution in [0.4, 0.5) is 11.4 Å². The number of guanidine groups is 1. The summed E-state index contributed by atoms with van der Waals surface area (Å²) in [7, 11) is 1.71. The van der Waals surface area contributed by atoms with Crippen molar-refractivity contribution in [2.75, 3.05) is 25.5 Å². The van der Waals surface area contributed by atoms with Crippen LogP contribution < -0.4 is 16.0 Å². The minimum Gasteiger partial charge on any atom is -0.383 e. The average molecular weight is 456 g/mol. The first-order valence-electron chi connectivity index (χ1n) is 7.52. The second-order valence-electron chi connectivity index (χ2n) is 4.90. The number of non-ortho nitro benzene ring substituents is 1. The van der Waals surface area contributed by atoms with E-state index in [1.54, 1.807) is 25.4 Å². The Bertz CT molecular complexity index is 679. The quantitative estimate of drug-likeness (QED) is 0.148. The molecule has 2 rings (SSSR count). The predicted octanol–water partition coefficient (Wildman–Crippen LogP) is 2.38. The van der Waals surface area contributed by atoms with Gasteiger partial charge in [0.15, 0.2) is 5.96 Å².